The van der Waals surface area contributed by atoms with Gasteiger partial charge in [-0.2, -0.15) is 18.3 Å². The Morgan fingerprint density at radius 2 is 1.86 bits per heavy atom. The molecule has 0 radical (unpaired) electrons. The summed E-state index contributed by atoms with van der Waals surface area (Å²) in [5, 5.41) is 7.34. The van der Waals surface area contributed by atoms with Crippen molar-refractivity contribution < 1.29 is 26.4 Å². The number of carbonyl (C=O) groups excluding carboxylic acids is 1. The van der Waals surface area contributed by atoms with E-state index in [1.165, 1.54) is 4.68 Å². The number of fused-ring (bicyclic) bond motifs is 1. The molecule has 12 heteroatoms. The highest BCUT2D eigenvalue weighted by atomic mass is 35.5. The summed E-state index contributed by atoms with van der Waals surface area (Å²) >= 11 is 6.10. The van der Waals surface area contributed by atoms with Gasteiger partial charge < -0.3 is 5.32 Å². The van der Waals surface area contributed by atoms with Crippen LogP contribution in [0.15, 0.2) is 54.6 Å². The minimum Gasteiger partial charge on any atom is -0.321 e. The van der Waals surface area contributed by atoms with Crippen molar-refractivity contribution >= 4 is 44.1 Å². The van der Waals surface area contributed by atoms with Gasteiger partial charge in [0, 0.05) is 5.56 Å². The summed E-state index contributed by atoms with van der Waals surface area (Å²) in [5.74, 6) is -0.771. The fourth-order valence-corrected chi connectivity index (χ4v) is 6.32. The Bertz CT molecular complexity index is 1640. The largest absolute Gasteiger partial charge is 0.416 e. The summed E-state index contributed by atoms with van der Waals surface area (Å²) in [7, 11) is -3.23. The number of benzene rings is 2. The van der Waals surface area contributed by atoms with Gasteiger partial charge in [0.1, 0.15) is 0 Å². The van der Waals surface area contributed by atoms with Crippen LogP contribution in [0, 0.1) is 6.92 Å². The van der Waals surface area contributed by atoms with Crippen LogP contribution in [0.3, 0.4) is 0 Å². The van der Waals surface area contributed by atoms with Crippen LogP contribution < -0.4 is 5.32 Å². The molecule has 1 aliphatic heterocycles. The first-order chi connectivity index (χ1) is 17.4. The van der Waals surface area contributed by atoms with Crippen LogP contribution in [0.2, 0.25) is 5.02 Å². The normalized spacial score (nSPS) is 17.3. The van der Waals surface area contributed by atoms with Crippen LogP contribution in [0.1, 0.15) is 34.1 Å². The summed E-state index contributed by atoms with van der Waals surface area (Å²) in [6.45, 7) is 1.67. The third kappa shape index (κ3) is 4.93. The van der Waals surface area contributed by atoms with Gasteiger partial charge in [-0.25, -0.2) is 18.1 Å². The highest BCUT2D eigenvalue weighted by molar-refractivity contribution is 7.91. The van der Waals surface area contributed by atoms with Crippen LogP contribution in [-0.4, -0.2) is 40.6 Å². The van der Waals surface area contributed by atoms with Gasteiger partial charge >= 0.3 is 6.18 Å². The van der Waals surface area contributed by atoms with E-state index in [1.807, 2.05) is 6.07 Å². The Balaban J connectivity index is 1.66. The minimum atomic E-state index is -4.62. The van der Waals surface area contributed by atoms with Gasteiger partial charge in [-0.15, -0.1) is 0 Å². The lowest BCUT2D eigenvalue weighted by molar-refractivity contribution is -0.137. The number of carbonyl (C=O) groups is 1. The number of alkyl halides is 3. The number of amides is 1. The number of aromatic nitrogens is 3. The summed E-state index contributed by atoms with van der Waals surface area (Å²) < 4.78 is 65.6. The van der Waals surface area contributed by atoms with Crippen LogP contribution >= 0.6 is 11.6 Å². The predicted octanol–water partition coefficient (Wildman–Crippen LogP) is 5.69. The highest BCUT2D eigenvalue weighted by Crippen LogP contribution is 2.35. The topological polar surface area (TPSA) is 93.9 Å². The molecule has 1 amide bonds. The second kappa shape index (κ2) is 9.14. The van der Waals surface area contributed by atoms with Gasteiger partial charge in [-0.05, 0) is 37.6 Å². The average molecular weight is 549 g/mol. The lowest BCUT2D eigenvalue weighted by Crippen LogP contribution is -2.16. The van der Waals surface area contributed by atoms with Gasteiger partial charge in [0.05, 0.1) is 56.2 Å². The fourth-order valence-electron chi connectivity index (χ4n) is 4.46. The zero-order chi connectivity index (χ0) is 26.5. The van der Waals surface area contributed by atoms with Gasteiger partial charge in [0.15, 0.2) is 15.5 Å². The number of hydrogen-bond donors (Lipinski definition) is 1. The van der Waals surface area contributed by atoms with Crippen molar-refractivity contribution in [1.29, 1.82) is 0 Å². The second-order valence-electron chi connectivity index (χ2n) is 8.85. The molecule has 192 valence electrons. The minimum absolute atomic E-state index is 0.0256. The maximum absolute atomic E-state index is 13.5. The number of hydrogen-bond acceptors (Lipinski definition) is 5. The molecule has 0 saturated carbocycles. The number of halogens is 4. The van der Waals surface area contributed by atoms with Crippen molar-refractivity contribution in [3.05, 3.63) is 76.4 Å². The molecule has 1 N–H and O–H groups in total. The Hall–Kier alpha value is -3.44. The third-order valence-corrected chi connectivity index (χ3v) is 8.33. The van der Waals surface area contributed by atoms with Crippen molar-refractivity contribution in [2.24, 2.45) is 0 Å². The Morgan fingerprint density at radius 3 is 2.51 bits per heavy atom. The van der Waals surface area contributed by atoms with E-state index in [9.17, 15) is 26.4 Å². The number of pyridine rings is 1. The van der Waals surface area contributed by atoms with Crippen molar-refractivity contribution in [1.82, 2.24) is 14.8 Å². The lowest BCUT2D eigenvalue weighted by Gasteiger charge is -2.14. The number of nitrogens with zero attached hydrogens (tertiary/aromatic N) is 3. The zero-order valence-corrected chi connectivity index (χ0v) is 21.0. The van der Waals surface area contributed by atoms with Crippen molar-refractivity contribution in [3.63, 3.8) is 0 Å². The molecular formula is C25H20ClF3N4O3S. The Labute approximate surface area is 215 Å². The summed E-state index contributed by atoms with van der Waals surface area (Å²) in [4.78, 5) is 18.2. The average Bonchev–Trinajstić information content (AvgIpc) is 3.38. The molecule has 1 saturated heterocycles. The lowest BCUT2D eigenvalue weighted by atomic mass is 10.0. The molecule has 1 atom stereocenters. The van der Waals surface area contributed by atoms with E-state index in [-0.39, 0.29) is 27.8 Å². The molecule has 7 nitrogen and oxygen atoms in total. The van der Waals surface area contributed by atoms with E-state index in [0.29, 0.717) is 34.4 Å². The van der Waals surface area contributed by atoms with Crippen LogP contribution in [0.4, 0.5) is 18.9 Å². The van der Waals surface area contributed by atoms with Crippen LogP contribution in [-0.2, 0) is 16.0 Å². The van der Waals surface area contributed by atoms with E-state index < -0.39 is 33.5 Å². The number of sulfone groups is 1. The van der Waals surface area contributed by atoms with Crippen LogP contribution in [0.5, 0.6) is 0 Å². The molecule has 1 fully saturated rings. The third-order valence-electron chi connectivity index (χ3n) is 6.25. The number of aryl methyl sites for hydroxylation is 1. The molecule has 1 aliphatic rings. The summed E-state index contributed by atoms with van der Waals surface area (Å²) in [5.41, 5.74) is 0.855. The van der Waals surface area contributed by atoms with E-state index in [0.717, 1.165) is 18.2 Å². The SMILES string of the molecule is Cc1nn(C2CCS(=O)(=O)C2)c2nc(-c3ccccc3)cc(C(=O)Nc3cc(C(F)(F)F)ccc3Cl)c12. The standard InChI is InChI=1S/C25H20ClF3N4O3S/c1-14-22-18(24(34)31-21-11-16(25(27,28)29)7-8-19(21)26)12-20(15-5-3-2-4-6-15)30-23(22)33(32-14)17-9-10-37(35,36)13-17/h2-8,11-12,17H,9-10,13H2,1H3,(H,31,34). The number of nitrogens with one attached hydrogen (secondary N) is 1. The molecule has 2 aromatic heterocycles. The fraction of sp³-hybridized carbons (Fsp3) is 0.240. The van der Waals surface area contributed by atoms with Gasteiger partial charge in [-0.1, -0.05) is 41.9 Å². The second-order valence-corrected chi connectivity index (χ2v) is 11.5. The zero-order valence-electron chi connectivity index (χ0n) is 19.4. The first-order valence-corrected chi connectivity index (χ1v) is 13.5. The molecular weight excluding hydrogens is 529 g/mol. The van der Waals surface area contributed by atoms with E-state index in [4.69, 9.17) is 16.6 Å². The molecule has 3 heterocycles. The molecule has 0 spiro atoms. The summed E-state index contributed by atoms with van der Waals surface area (Å²) in [6.07, 6.45) is -4.26. The van der Waals surface area contributed by atoms with Crippen molar-refractivity contribution in [2.75, 3.05) is 16.8 Å². The Kier molecular flexibility index (Phi) is 6.23. The molecule has 0 aliphatic carbocycles. The molecule has 4 aromatic rings. The smallest absolute Gasteiger partial charge is 0.321 e. The van der Waals surface area contributed by atoms with Crippen molar-refractivity contribution in [2.45, 2.75) is 25.6 Å². The molecule has 2 aromatic carbocycles. The monoisotopic (exact) mass is 548 g/mol. The summed E-state index contributed by atoms with van der Waals surface area (Å²) in [6, 6.07) is 12.8. The maximum atomic E-state index is 13.5. The number of anilines is 1. The van der Waals surface area contributed by atoms with Crippen LogP contribution in [0.25, 0.3) is 22.3 Å². The predicted molar refractivity (Wildman–Crippen MR) is 134 cm³/mol. The first-order valence-electron chi connectivity index (χ1n) is 11.3. The van der Waals surface area contributed by atoms with Crippen molar-refractivity contribution in [3.8, 4) is 11.3 Å². The van der Waals surface area contributed by atoms with Gasteiger partial charge in [0.25, 0.3) is 5.91 Å². The molecule has 0 bridgehead atoms. The van der Waals surface area contributed by atoms with E-state index in [2.05, 4.69) is 10.4 Å². The molecule has 1 unspecified atom stereocenters. The highest BCUT2D eigenvalue weighted by Gasteiger charge is 2.33. The molecule has 5 rings (SSSR count). The van der Waals surface area contributed by atoms with E-state index >= 15 is 0 Å². The van der Waals surface area contributed by atoms with E-state index in [1.54, 1.807) is 37.3 Å². The number of rotatable bonds is 4. The Morgan fingerprint density at radius 1 is 1.14 bits per heavy atom. The first kappa shape index (κ1) is 25.2. The maximum Gasteiger partial charge on any atom is 0.416 e. The van der Waals surface area contributed by atoms with Gasteiger partial charge in [-0.3, -0.25) is 4.79 Å². The van der Waals surface area contributed by atoms with Gasteiger partial charge in [0.2, 0.25) is 0 Å². The molecule has 37 heavy (non-hydrogen) atoms. The quantitative estimate of drug-likeness (QED) is 0.353.